The highest BCUT2D eigenvalue weighted by Crippen LogP contribution is 2.42. The molecule has 1 aliphatic carbocycles. The van der Waals surface area contributed by atoms with Gasteiger partial charge in [0, 0.05) is 5.56 Å². The molecule has 1 saturated carbocycles. The molecule has 1 aliphatic rings. The van der Waals surface area contributed by atoms with Crippen LogP contribution in [0.5, 0.6) is 0 Å². The van der Waals surface area contributed by atoms with Crippen LogP contribution < -0.4 is 5.73 Å². The van der Waals surface area contributed by atoms with Crippen LogP contribution in [0.1, 0.15) is 18.7 Å². The van der Waals surface area contributed by atoms with Crippen molar-refractivity contribution in [2.75, 3.05) is 0 Å². The van der Waals surface area contributed by atoms with E-state index in [1.54, 1.807) is 0 Å². The van der Waals surface area contributed by atoms with Crippen molar-refractivity contribution < 1.29 is 13.3 Å². The molecule has 2 N–H and O–H groups in total. The van der Waals surface area contributed by atoms with Gasteiger partial charge in [0.2, 0.25) is 11.7 Å². The molecule has 0 atom stereocenters. The lowest BCUT2D eigenvalue weighted by molar-refractivity contribution is 0.348. The molecule has 18 heavy (non-hydrogen) atoms. The maximum absolute atomic E-state index is 13.0. The van der Waals surface area contributed by atoms with Gasteiger partial charge in [-0.1, -0.05) is 5.16 Å². The van der Waals surface area contributed by atoms with E-state index >= 15 is 0 Å². The number of halogens is 3. The summed E-state index contributed by atoms with van der Waals surface area (Å²) in [5.41, 5.74) is 5.72. The summed E-state index contributed by atoms with van der Waals surface area (Å²) in [7, 11) is 0. The van der Waals surface area contributed by atoms with Crippen molar-refractivity contribution in [2.45, 2.75) is 18.4 Å². The first-order valence-electron chi connectivity index (χ1n) is 5.17. The first-order valence-corrected chi connectivity index (χ1v) is 5.17. The normalized spacial score (nSPS) is 16.2. The van der Waals surface area contributed by atoms with E-state index in [-0.39, 0.29) is 18.2 Å². The number of hydrogen-bond acceptors (Lipinski definition) is 4. The van der Waals surface area contributed by atoms with Gasteiger partial charge in [-0.15, -0.1) is 12.4 Å². The van der Waals surface area contributed by atoms with E-state index < -0.39 is 17.2 Å². The predicted molar refractivity (Wildman–Crippen MR) is 62.0 cm³/mol. The molecule has 4 nitrogen and oxygen atoms in total. The second kappa shape index (κ2) is 4.29. The van der Waals surface area contributed by atoms with Crippen molar-refractivity contribution in [2.24, 2.45) is 5.73 Å². The summed E-state index contributed by atoms with van der Waals surface area (Å²) < 4.78 is 30.8. The maximum Gasteiger partial charge on any atom is 0.247 e. The molecule has 0 aliphatic heterocycles. The zero-order valence-corrected chi connectivity index (χ0v) is 10.0. The molecular formula is C11H10ClF2N3O. The molecule has 3 rings (SSSR count). The lowest BCUT2D eigenvalue weighted by atomic mass is 10.2. The Kier molecular flexibility index (Phi) is 3.08. The van der Waals surface area contributed by atoms with Crippen LogP contribution in [0.3, 0.4) is 0 Å². The van der Waals surface area contributed by atoms with Gasteiger partial charge in [0.1, 0.15) is 0 Å². The third-order valence-corrected chi connectivity index (χ3v) is 2.82. The standard InChI is InChI=1S/C11H9F2N3O.ClH/c12-7-2-1-6(5-8(7)13)9-15-10(17-16-9)11(14)3-4-11;/h1-2,5H,3-4,14H2;1H. The van der Waals surface area contributed by atoms with Crippen LogP contribution in [-0.4, -0.2) is 10.1 Å². The molecule has 1 aromatic carbocycles. The highest BCUT2D eigenvalue weighted by Gasteiger charge is 2.45. The van der Waals surface area contributed by atoms with Crippen molar-refractivity contribution in [3.63, 3.8) is 0 Å². The van der Waals surface area contributed by atoms with E-state index in [9.17, 15) is 8.78 Å². The van der Waals surface area contributed by atoms with Crippen molar-refractivity contribution >= 4 is 12.4 Å². The Morgan fingerprint density at radius 1 is 1.22 bits per heavy atom. The molecule has 1 heterocycles. The number of benzene rings is 1. The van der Waals surface area contributed by atoms with Gasteiger partial charge in [-0.2, -0.15) is 4.98 Å². The Labute approximate surface area is 108 Å². The molecule has 0 amide bonds. The summed E-state index contributed by atoms with van der Waals surface area (Å²) in [5, 5.41) is 3.71. The average molecular weight is 274 g/mol. The smallest absolute Gasteiger partial charge is 0.247 e. The topological polar surface area (TPSA) is 64.9 Å². The Bertz CT molecular complexity index is 583. The van der Waals surface area contributed by atoms with E-state index in [1.165, 1.54) is 6.07 Å². The minimum atomic E-state index is -0.942. The molecule has 0 unspecified atom stereocenters. The molecular weight excluding hydrogens is 264 g/mol. The van der Waals surface area contributed by atoms with Crippen molar-refractivity contribution in [3.8, 4) is 11.4 Å². The minimum Gasteiger partial charge on any atom is -0.337 e. The third kappa shape index (κ3) is 2.09. The quantitative estimate of drug-likeness (QED) is 0.912. The molecule has 7 heteroatoms. The largest absolute Gasteiger partial charge is 0.337 e. The molecule has 1 fully saturated rings. The zero-order valence-electron chi connectivity index (χ0n) is 9.19. The highest BCUT2D eigenvalue weighted by molar-refractivity contribution is 5.85. The summed E-state index contributed by atoms with van der Waals surface area (Å²) in [5.74, 6) is -1.29. The number of nitrogens with two attached hydrogens (primary N) is 1. The van der Waals surface area contributed by atoms with Gasteiger partial charge >= 0.3 is 0 Å². The van der Waals surface area contributed by atoms with Gasteiger partial charge in [0.05, 0.1) is 5.54 Å². The van der Waals surface area contributed by atoms with Crippen LogP contribution in [-0.2, 0) is 5.54 Å². The Morgan fingerprint density at radius 2 is 1.94 bits per heavy atom. The predicted octanol–water partition coefficient (Wildman–Crippen LogP) is 2.38. The van der Waals surface area contributed by atoms with E-state index in [0.29, 0.717) is 11.5 Å². The summed E-state index contributed by atoms with van der Waals surface area (Å²) >= 11 is 0. The highest BCUT2D eigenvalue weighted by atomic mass is 35.5. The molecule has 1 aromatic heterocycles. The van der Waals surface area contributed by atoms with Crippen LogP contribution >= 0.6 is 12.4 Å². The summed E-state index contributed by atoms with van der Waals surface area (Å²) in [6.45, 7) is 0. The number of hydrogen-bond donors (Lipinski definition) is 1. The molecule has 96 valence electrons. The summed E-state index contributed by atoms with van der Waals surface area (Å²) in [6.07, 6.45) is 1.60. The first-order chi connectivity index (χ1) is 8.08. The van der Waals surface area contributed by atoms with Crippen LogP contribution in [0.2, 0.25) is 0 Å². The SMILES string of the molecule is Cl.NC1(c2nc(-c3ccc(F)c(F)c3)no2)CC1. The Balaban J connectivity index is 0.00000120. The molecule has 0 saturated heterocycles. The summed E-state index contributed by atoms with van der Waals surface area (Å²) in [4.78, 5) is 4.09. The summed E-state index contributed by atoms with van der Waals surface area (Å²) in [6, 6.07) is 3.44. The second-order valence-electron chi connectivity index (χ2n) is 4.21. The van der Waals surface area contributed by atoms with E-state index in [1.807, 2.05) is 0 Å². The second-order valence-corrected chi connectivity index (χ2v) is 4.21. The van der Waals surface area contributed by atoms with Crippen molar-refractivity contribution in [1.29, 1.82) is 0 Å². The fraction of sp³-hybridized carbons (Fsp3) is 0.273. The molecule has 0 radical (unpaired) electrons. The van der Waals surface area contributed by atoms with Gasteiger partial charge in [-0.3, -0.25) is 0 Å². The number of aromatic nitrogens is 2. The zero-order chi connectivity index (χ0) is 12.0. The monoisotopic (exact) mass is 273 g/mol. The van der Waals surface area contributed by atoms with Gasteiger partial charge < -0.3 is 10.3 Å². The van der Waals surface area contributed by atoms with E-state index in [2.05, 4.69) is 10.1 Å². The lowest BCUT2D eigenvalue weighted by Gasteiger charge is -1.98. The number of rotatable bonds is 2. The van der Waals surface area contributed by atoms with Crippen molar-refractivity contribution in [1.82, 2.24) is 10.1 Å². The van der Waals surface area contributed by atoms with Crippen LogP contribution in [0.25, 0.3) is 11.4 Å². The maximum atomic E-state index is 13.0. The Morgan fingerprint density at radius 3 is 2.56 bits per heavy atom. The van der Waals surface area contributed by atoms with Gasteiger partial charge in [-0.25, -0.2) is 8.78 Å². The van der Waals surface area contributed by atoms with Gasteiger partial charge in [0.15, 0.2) is 11.6 Å². The fourth-order valence-corrected chi connectivity index (χ4v) is 1.53. The third-order valence-electron chi connectivity index (χ3n) is 2.82. The van der Waals surface area contributed by atoms with Gasteiger partial charge in [0.25, 0.3) is 0 Å². The van der Waals surface area contributed by atoms with E-state index in [0.717, 1.165) is 25.0 Å². The van der Waals surface area contributed by atoms with Crippen LogP contribution in [0, 0.1) is 11.6 Å². The van der Waals surface area contributed by atoms with E-state index in [4.69, 9.17) is 10.3 Å². The van der Waals surface area contributed by atoms with Gasteiger partial charge in [-0.05, 0) is 31.0 Å². The van der Waals surface area contributed by atoms with Crippen LogP contribution in [0.15, 0.2) is 22.7 Å². The first kappa shape index (κ1) is 12.9. The molecule has 0 spiro atoms. The van der Waals surface area contributed by atoms with Crippen molar-refractivity contribution in [3.05, 3.63) is 35.7 Å². The number of nitrogens with zero attached hydrogens (tertiary/aromatic N) is 2. The molecule has 2 aromatic rings. The minimum absolute atomic E-state index is 0. The Hall–Kier alpha value is -1.53. The van der Waals surface area contributed by atoms with Crippen LogP contribution in [0.4, 0.5) is 8.78 Å². The lowest BCUT2D eigenvalue weighted by Crippen LogP contribution is -2.18. The fourth-order valence-electron chi connectivity index (χ4n) is 1.53. The molecule has 0 bridgehead atoms. The average Bonchev–Trinajstić information content (AvgIpc) is 2.88.